The molecule has 0 saturated heterocycles. The summed E-state index contributed by atoms with van der Waals surface area (Å²) in [5, 5.41) is 0. The summed E-state index contributed by atoms with van der Waals surface area (Å²) in [4.78, 5) is 5.46. The Morgan fingerprint density at radius 1 is 0.310 bits per heavy atom. The molecular weight excluding hydrogens is 736 g/mol. The number of benzene rings is 9. The van der Waals surface area contributed by atoms with Gasteiger partial charge in [0.2, 0.25) is 6.71 Å². The van der Waals surface area contributed by atoms with Crippen LogP contribution in [-0.2, 0) is 5.41 Å². The molecule has 0 saturated carbocycles. The predicted molar refractivity (Wildman–Crippen MR) is 245 cm³/mol. The van der Waals surface area contributed by atoms with Crippen LogP contribution >= 0.6 is 23.5 Å². The van der Waals surface area contributed by atoms with Gasteiger partial charge in [0.05, 0.1) is 5.41 Å². The average molecular weight is 769 g/mol. The second kappa shape index (κ2) is 12.4. The number of hydrogen-bond acceptors (Lipinski definition) is 2. The van der Waals surface area contributed by atoms with Gasteiger partial charge in [-0.2, -0.15) is 0 Å². The van der Waals surface area contributed by atoms with E-state index in [0.717, 1.165) is 0 Å². The van der Waals surface area contributed by atoms with Gasteiger partial charge in [0.1, 0.15) is 0 Å². The summed E-state index contributed by atoms with van der Waals surface area (Å²) in [6.45, 7) is 0.266. The molecule has 0 bridgehead atoms. The number of fused-ring (bicyclic) bond motifs is 14. The van der Waals surface area contributed by atoms with Crippen molar-refractivity contribution >= 4 is 46.6 Å². The highest BCUT2D eigenvalue weighted by Crippen LogP contribution is 2.64. The SMILES string of the molecule is c1cc(-c2cccc(-c3cccc4c3-c3ccccc3C43c4ccccc4-c4ccccc43)c2)cc(-c2cc3c4c(c2)Sc2ccccc2B4c2ccccc2S3)c1. The zero-order valence-corrected chi connectivity index (χ0v) is 33.1. The Labute approximate surface area is 347 Å². The van der Waals surface area contributed by atoms with Crippen molar-refractivity contribution in [2.45, 2.75) is 25.0 Å². The third kappa shape index (κ3) is 4.46. The molecular formula is C55H33BS2. The van der Waals surface area contributed by atoms with E-state index >= 15 is 0 Å². The molecule has 4 aliphatic rings. The lowest BCUT2D eigenvalue weighted by Gasteiger charge is -2.33. The van der Waals surface area contributed by atoms with Crippen molar-refractivity contribution in [3.05, 3.63) is 222 Å². The lowest BCUT2D eigenvalue weighted by Crippen LogP contribution is -2.57. The van der Waals surface area contributed by atoms with Crippen LogP contribution in [-0.4, -0.2) is 6.71 Å². The lowest BCUT2D eigenvalue weighted by molar-refractivity contribution is 0.794. The fourth-order valence-electron chi connectivity index (χ4n) is 10.7. The fourth-order valence-corrected chi connectivity index (χ4v) is 13.2. The van der Waals surface area contributed by atoms with E-state index in [4.69, 9.17) is 0 Å². The summed E-state index contributed by atoms with van der Waals surface area (Å²) in [5.41, 5.74) is 22.3. The van der Waals surface area contributed by atoms with Gasteiger partial charge in [0.25, 0.3) is 0 Å². The van der Waals surface area contributed by atoms with Crippen LogP contribution in [0.1, 0.15) is 22.3 Å². The first-order valence-corrected chi connectivity index (χ1v) is 21.7. The highest BCUT2D eigenvalue weighted by atomic mass is 32.2. The van der Waals surface area contributed by atoms with Crippen molar-refractivity contribution in [3.63, 3.8) is 0 Å². The largest absolute Gasteiger partial charge is 0.247 e. The van der Waals surface area contributed by atoms with E-state index in [0.29, 0.717) is 0 Å². The van der Waals surface area contributed by atoms with Crippen LogP contribution in [0.2, 0.25) is 0 Å². The molecule has 13 rings (SSSR count). The van der Waals surface area contributed by atoms with E-state index in [-0.39, 0.29) is 12.1 Å². The van der Waals surface area contributed by atoms with Crippen molar-refractivity contribution < 1.29 is 0 Å². The summed E-state index contributed by atoms with van der Waals surface area (Å²) in [7, 11) is 0. The fraction of sp³-hybridized carbons (Fsp3) is 0.0182. The number of hydrogen-bond donors (Lipinski definition) is 0. The molecule has 9 aromatic carbocycles. The van der Waals surface area contributed by atoms with E-state index in [2.05, 4.69) is 200 Å². The lowest BCUT2D eigenvalue weighted by atomic mass is 9.36. The molecule has 0 unspecified atom stereocenters. The predicted octanol–water partition coefficient (Wildman–Crippen LogP) is 12.5. The minimum absolute atomic E-state index is 0.266. The first-order chi connectivity index (χ1) is 28.8. The minimum Gasteiger partial charge on any atom is -0.0911 e. The zero-order valence-electron chi connectivity index (χ0n) is 31.4. The molecule has 2 aliphatic heterocycles. The van der Waals surface area contributed by atoms with E-state index < -0.39 is 0 Å². The van der Waals surface area contributed by atoms with E-state index in [1.165, 1.54) is 114 Å². The van der Waals surface area contributed by atoms with Gasteiger partial charge >= 0.3 is 0 Å². The van der Waals surface area contributed by atoms with Crippen LogP contribution in [0.15, 0.2) is 220 Å². The smallest absolute Gasteiger partial charge is 0.0911 e. The Kier molecular flexibility index (Phi) is 6.99. The monoisotopic (exact) mass is 768 g/mol. The molecule has 0 amide bonds. The van der Waals surface area contributed by atoms with E-state index in [1.807, 2.05) is 23.5 Å². The quantitative estimate of drug-likeness (QED) is 0.164. The molecule has 0 radical (unpaired) electrons. The summed E-state index contributed by atoms with van der Waals surface area (Å²) in [6, 6.07) is 75.4. The maximum atomic E-state index is 2.44. The Morgan fingerprint density at radius 3 is 1.36 bits per heavy atom. The summed E-state index contributed by atoms with van der Waals surface area (Å²) >= 11 is 3.85. The molecule has 0 fully saturated rings. The zero-order chi connectivity index (χ0) is 38.0. The Balaban J connectivity index is 0.933. The van der Waals surface area contributed by atoms with Gasteiger partial charge < -0.3 is 0 Å². The van der Waals surface area contributed by atoms with Crippen molar-refractivity contribution in [1.82, 2.24) is 0 Å². The summed E-state index contributed by atoms with van der Waals surface area (Å²) in [6.07, 6.45) is 0. The summed E-state index contributed by atoms with van der Waals surface area (Å²) < 4.78 is 0. The van der Waals surface area contributed by atoms with Crippen molar-refractivity contribution in [3.8, 4) is 55.6 Å². The van der Waals surface area contributed by atoms with Crippen LogP contribution in [0.25, 0.3) is 55.6 Å². The van der Waals surface area contributed by atoms with Gasteiger partial charge in [0, 0.05) is 19.6 Å². The Hall–Kier alpha value is -6.26. The van der Waals surface area contributed by atoms with Gasteiger partial charge in [-0.25, -0.2) is 0 Å². The molecule has 0 N–H and O–H groups in total. The third-order valence-electron chi connectivity index (χ3n) is 13.0. The summed E-state index contributed by atoms with van der Waals surface area (Å²) in [5.74, 6) is 0. The molecule has 0 atom stereocenters. The van der Waals surface area contributed by atoms with E-state index in [9.17, 15) is 0 Å². The molecule has 9 aromatic rings. The van der Waals surface area contributed by atoms with Gasteiger partial charge in [-0.1, -0.05) is 198 Å². The van der Waals surface area contributed by atoms with Crippen molar-refractivity contribution in [2.24, 2.45) is 0 Å². The van der Waals surface area contributed by atoms with Crippen LogP contribution in [0.4, 0.5) is 0 Å². The van der Waals surface area contributed by atoms with Crippen LogP contribution in [0, 0.1) is 0 Å². The highest BCUT2D eigenvalue weighted by Gasteiger charge is 2.52. The molecule has 3 heteroatoms. The third-order valence-corrected chi connectivity index (χ3v) is 15.3. The van der Waals surface area contributed by atoms with E-state index in [1.54, 1.807) is 0 Å². The van der Waals surface area contributed by atoms with Gasteiger partial charge in [0.15, 0.2) is 0 Å². The van der Waals surface area contributed by atoms with Crippen LogP contribution in [0.3, 0.4) is 0 Å². The molecule has 2 aliphatic carbocycles. The average Bonchev–Trinajstić information content (AvgIpc) is 3.76. The molecule has 1 spiro atoms. The molecule has 58 heavy (non-hydrogen) atoms. The first-order valence-electron chi connectivity index (χ1n) is 20.1. The van der Waals surface area contributed by atoms with Crippen molar-refractivity contribution in [1.29, 1.82) is 0 Å². The normalized spacial score (nSPS) is 14.2. The number of rotatable bonds is 3. The van der Waals surface area contributed by atoms with Crippen molar-refractivity contribution in [2.75, 3.05) is 0 Å². The molecule has 0 aromatic heterocycles. The second-order valence-electron chi connectivity index (χ2n) is 15.9. The maximum absolute atomic E-state index is 2.44. The molecule has 0 nitrogen and oxygen atoms in total. The van der Waals surface area contributed by atoms with Crippen LogP contribution < -0.4 is 16.4 Å². The van der Waals surface area contributed by atoms with Gasteiger partial charge in [-0.15, -0.1) is 0 Å². The standard InChI is InChI=1S/C55H33BS2/c1-4-22-43-40(18-1)41-19-2-5-23-44(41)55(43)45-24-6-3-20-42(45)53-39(21-13-25-46(53)55)37-17-12-15-35(31-37)34-14-11-16-36(30-34)38-32-51-54-52(33-38)58-50-29-10-8-27-48(50)56(54)47-26-7-9-28-49(47)57-51/h1-33H. The second-order valence-corrected chi connectivity index (χ2v) is 18.0. The minimum atomic E-state index is -0.351. The molecule has 268 valence electrons. The topological polar surface area (TPSA) is 0 Å². The highest BCUT2D eigenvalue weighted by molar-refractivity contribution is 8.01. The first kappa shape index (κ1) is 32.8. The van der Waals surface area contributed by atoms with Gasteiger partial charge in [-0.05, 0) is 120 Å². The van der Waals surface area contributed by atoms with Gasteiger partial charge in [-0.3, -0.25) is 0 Å². The Morgan fingerprint density at radius 2 is 0.741 bits per heavy atom. The molecule has 2 heterocycles. The van der Waals surface area contributed by atoms with Crippen LogP contribution in [0.5, 0.6) is 0 Å². The maximum Gasteiger partial charge on any atom is 0.247 e. The Bertz CT molecular complexity index is 3100.